The van der Waals surface area contributed by atoms with E-state index < -0.39 is 0 Å². The maximum atomic E-state index is 11.3. The van der Waals surface area contributed by atoms with Crippen molar-refractivity contribution in [1.82, 2.24) is 0 Å². The van der Waals surface area contributed by atoms with Crippen LogP contribution in [0.4, 0.5) is 0 Å². The number of unbranched alkanes of at least 4 members (excludes halogenated alkanes) is 1. The summed E-state index contributed by atoms with van der Waals surface area (Å²) in [4.78, 5) is 11.3. The molecule has 0 aliphatic rings. The van der Waals surface area contributed by atoms with Gasteiger partial charge in [0, 0.05) is 5.56 Å². The molecule has 2 nitrogen and oxygen atoms in total. The third kappa shape index (κ3) is 5.23. The first-order valence-corrected chi connectivity index (χ1v) is 7.39. The lowest BCUT2D eigenvalue weighted by molar-refractivity contribution is 0.101. The van der Waals surface area contributed by atoms with Gasteiger partial charge in [-0.15, -0.1) is 0 Å². The fourth-order valence-electron chi connectivity index (χ4n) is 1.98. The van der Waals surface area contributed by atoms with Gasteiger partial charge in [-0.2, -0.15) is 0 Å². The zero-order valence-corrected chi connectivity index (χ0v) is 12.8. The van der Waals surface area contributed by atoms with Crippen molar-refractivity contribution >= 4 is 17.4 Å². The Morgan fingerprint density at radius 3 is 2.63 bits per heavy atom. The summed E-state index contributed by atoms with van der Waals surface area (Å²) in [6, 6.07) is 5.27. The van der Waals surface area contributed by atoms with Crippen LogP contribution in [0.25, 0.3) is 0 Å². The van der Waals surface area contributed by atoms with Crippen LogP contribution < -0.4 is 4.74 Å². The zero-order chi connectivity index (χ0) is 14.3. The SMILES string of the molecule is CCCCC(CC)COc1ccc(C(C)=O)c(Cl)c1. The van der Waals surface area contributed by atoms with Crippen LogP contribution in [0.5, 0.6) is 5.75 Å². The standard InChI is InChI=1S/C16H23ClO2/c1-4-6-7-13(5-2)11-19-14-8-9-15(12(3)18)16(17)10-14/h8-10,13H,4-7,11H2,1-3H3. The summed E-state index contributed by atoms with van der Waals surface area (Å²) < 4.78 is 5.78. The van der Waals surface area contributed by atoms with E-state index in [1.54, 1.807) is 12.1 Å². The van der Waals surface area contributed by atoms with Crippen LogP contribution in [0.1, 0.15) is 56.8 Å². The topological polar surface area (TPSA) is 26.3 Å². The minimum absolute atomic E-state index is 0.0223. The molecule has 0 spiro atoms. The number of halogens is 1. The Labute approximate surface area is 121 Å². The molecule has 0 N–H and O–H groups in total. The molecule has 0 fully saturated rings. The lowest BCUT2D eigenvalue weighted by atomic mass is 10.0. The van der Waals surface area contributed by atoms with Crippen molar-refractivity contribution in [3.05, 3.63) is 28.8 Å². The van der Waals surface area contributed by atoms with Crippen LogP contribution >= 0.6 is 11.6 Å². The lowest BCUT2D eigenvalue weighted by Gasteiger charge is -2.16. The molecule has 106 valence electrons. The molecule has 19 heavy (non-hydrogen) atoms. The third-order valence-electron chi connectivity index (χ3n) is 3.35. The highest BCUT2D eigenvalue weighted by atomic mass is 35.5. The highest BCUT2D eigenvalue weighted by molar-refractivity contribution is 6.34. The lowest BCUT2D eigenvalue weighted by Crippen LogP contribution is -2.11. The normalized spacial score (nSPS) is 12.2. The second-order valence-corrected chi connectivity index (χ2v) is 5.33. The van der Waals surface area contributed by atoms with Gasteiger partial charge in [0.05, 0.1) is 11.6 Å². The van der Waals surface area contributed by atoms with Crippen molar-refractivity contribution in [2.24, 2.45) is 5.92 Å². The number of carbonyl (C=O) groups excluding carboxylic acids is 1. The summed E-state index contributed by atoms with van der Waals surface area (Å²) in [5.41, 5.74) is 0.548. The number of benzene rings is 1. The van der Waals surface area contributed by atoms with Gasteiger partial charge in [0.1, 0.15) is 5.75 Å². The van der Waals surface area contributed by atoms with E-state index in [-0.39, 0.29) is 5.78 Å². The molecule has 0 heterocycles. The van der Waals surface area contributed by atoms with Gasteiger partial charge < -0.3 is 4.74 Å². The van der Waals surface area contributed by atoms with E-state index in [1.807, 2.05) is 6.07 Å². The Kier molecular flexibility index (Phi) is 6.93. The molecule has 0 saturated carbocycles. The van der Waals surface area contributed by atoms with Crippen molar-refractivity contribution in [3.63, 3.8) is 0 Å². The predicted molar refractivity (Wildman–Crippen MR) is 80.3 cm³/mol. The predicted octanol–water partition coefficient (Wildman–Crippen LogP) is 5.14. The molecule has 1 rings (SSSR count). The van der Waals surface area contributed by atoms with Crippen LogP contribution in [-0.2, 0) is 0 Å². The molecule has 1 aromatic rings. The Balaban J connectivity index is 2.57. The van der Waals surface area contributed by atoms with E-state index in [9.17, 15) is 4.79 Å². The van der Waals surface area contributed by atoms with Gasteiger partial charge in [0.2, 0.25) is 0 Å². The summed E-state index contributed by atoms with van der Waals surface area (Å²) in [5, 5.41) is 0.464. The maximum absolute atomic E-state index is 11.3. The Hall–Kier alpha value is -1.02. The van der Waals surface area contributed by atoms with Gasteiger partial charge in [0.25, 0.3) is 0 Å². The van der Waals surface area contributed by atoms with Crippen molar-refractivity contribution < 1.29 is 9.53 Å². The van der Waals surface area contributed by atoms with Gasteiger partial charge in [-0.25, -0.2) is 0 Å². The van der Waals surface area contributed by atoms with Gasteiger partial charge >= 0.3 is 0 Å². The van der Waals surface area contributed by atoms with Crippen molar-refractivity contribution in [2.45, 2.75) is 46.5 Å². The van der Waals surface area contributed by atoms with Crippen LogP contribution in [0.2, 0.25) is 5.02 Å². The van der Waals surface area contributed by atoms with Gasteiger partial charge in [-0.3, -0.25) is 4.79 Å². The molecule has 0 aliphatic heterocycles. The molecule has 3 heteroatoms. The first kappa shape index (κ1) is 16.0. The number of carbonyl (C=O) groups is 1. The molecular formula is C16H23ClO2. The molecule has 0 saturated heterocycles. The van der Waals surface area contributed by atoms with E-state index in [2.05, 4.69) is 13.8 Å². The monoisotopic (exact) mass is 282 g/mol. The first-order chi connectivity index (χ1) is 9.08. The Morgan fingerprint density at radius 1 is 1.37 bits per heavy atom. The number of rotatable bonds is 8. The Morgan fingerprint density at radius 2 is 2.11 bits per heavy atom. The minimum Gasteiger partial charge on any atom is -0.493 e. The quantitative estimate of drug-likeness (QED) is 0.617. The molecule has 0 radical (unpaired) electrons. The largest absolute Gasteiger partial charge is 0.493 e. The maximum Gasteiger partial charge on any atom is 0.161 e. The molecule has 1 unspecified atom stereocenters. The molecule has 1 aromatic carbocycles. The van der Waals surface area contributed by atoms with E-state index in [0.29, 0.717) is 23.1 Å². The van der Waals surface area contributed by atoms with Crippen molar-refractivity contribution in [2.75, 3.05) is 6.61 Å². The summed E-state index contributed by atoms with van der Waals surface area (Å²) in [5.74, 6) is 1.31. The highest BCUT2D eigenvalue weighted by Gasteiger charge is 2.09. The van der Waals surface area contributed by atoms with Gasteiger partial charge in [-0.1, -0.05) is 44.7 Å². The fraction of sp³-hybridized carbons (Fsp3) is 0.562. The average molecular weight is 283 g/mol. The fourth-order valence-corrected chi connectivity index (χ4v) is 2.29. The number of hydrogen-bond acceptors (Lipinski definition) is 2. The van der Waals surface area contributed by atoms with E-state index in [1.165, 1.54) is 26.2 Å². The molecule has 0 aliphatic carbocycles. The summed E-state index contributed by atoms with van der Waals surface area (Å²) in [6.07, 6.45) is 4.78. The number of Topliss-reactive ketones (excluding diaryl/α,β-unsaturated/α-hetero) is 1. The number of hydrogen-bond donors (Lipinski definition) is 0. The van der Waals surface area contributed by atoms with Crippen molar-refractivity contribution in [3.8, 4) is 5.75 Å². The third-order valence-corrected chi connectivity index (χ3v) is 3.66. The highest BCUT2D eigenvalue weighted by Crippen LogP contribution is 2.24. The second kappa shape index (κ2) is 8.21. The van der Waals surface area contributed by atoms with E-state index in [0.717, 1.165) is 12.2 Å². The average Bonchev–Trinajstić information content (AvgIpc) is 2.38. The van der Waals surface area contributed by atoms with Gasteiger partial charge in [0.15, 0.2) is 5.78 Å². The molecule has 0 bridgehead atoms. The molecule has 1 atom stereocenters. The van der Waals surface area contributed by atoms with Crippen LogP contribution in [-0.4, -0.2) is 12.4 Å². The second-order valence-electron chi connectivity index (χ2n) is 4.93. The van der Waals surface area contributed by atoms with Gasteiger partial charge in [-0.05, 0) is 37.5 Å². The molecule has 0 aromatic heterocycles. The zero-order valence-electron chi connectivity index (χ0n) is 12.0. The van der Waals surface area contributed by atoms with Crippen LogP contribution in [0.3, 0.4) is 0 Å². The van der Waals surface area contributed by atoms with Crippen LogP contribution in [0.15, 0.2) is 18.2 Å². The molecule has 0 amide bonds. The summed E-state index contributed by atoms with van der Waals surface area (Å²) in [7, 11) is 0. The smallest absolute Gasteiger partial charge is 0.161 e. The van der Waals surface area contributed by atoms with Crippen LogP contribution in [0, 0.1) is 5.92 Å². The first-order valence-electron chi connectivity index (χ1n) is 7.01. The van der Waals surface area contributed by atoms with E-state index in [4.69, 9.17) is 16.3 Å². The molecular weight excluding hydrogens is 260 g/mol. The summed E-state index contributed by atoms with van der Waals surface area (Å²) in [6.45, 7) is 6.62. The van der Waals surface area contributed by atoms with E-state index >= 15 is 0 Å². The number of ketones is 1. The Bertz CT molecular complexity index is 415. The number of ether oxygens (including phenoxy) is 1. The van der Waals surface area contributed by atoms with Crippen molar-refractivity contribution in [1.29, 1.82) is 0 Å². The summed E-state index contributed by atoms with van der Waals surface area (Å²) >= 11 is 6.06. The minimum atomic E-state index is -0.0223.